The fourth-order valence-electron chi connectivity index (χ4n) is 1.21. The lowest BCUT2D eigenvalue weighted by Gasteiger charge is -2.13. The Morgan fingerprint density at radius 3 is 2.47 bits per heavy atom. The summed E-state index contributed by atoms with van der Waals surface area (Å²) in [6, 6.07) is 7.61. The molecule has 3 N–H and O–H groups in total. The molecule has 1 aromatic rings. The molecule has 0 aliphatic rings. The second kappa shape index (κ2) is 8.36. The molecule has 1 amide bonds. The Balaban J connectivity index is 0.00000256. The van der Waals surface area contributed by atoms with Crippen molar-refractivity contribution in [1.29, 1.82) is 0 Å². The first-order valence-corrected chi connectivity index (χ1v) is 6.11. The van der Waals surface area contributed by atoms with Crippen LogP contribution in [0.5, 0.6) is 0 Å². The van der Waals surface area contributed by atoms with Gasteiger partial charge in [0, 0.05) is 24.2 Å². The number of methoxy groups -OCH3 is 1. The molecule has 1 rings (SSSR count). The SMILES string of the molecule is COC(CN)C(=O)Nc1ccc(SC)cc1.Cl. The van der Waals surface area contributed by atoms with Crippen molar-refractivity contribution in [3.63, 3.8) is 0 Å². The minimum atomic E-state index is -0.597. The van der Waals surface area contributed by atoms with Gasteiger partial charge in [0.15, 0.2) is 0 Å². The van der Waals surface area contributed by atoms with E-state index in [9.17, 15) is 4.79 Å². The first-order chi connectivity index (χ1) is 7.71. The maximum Gasteiger partial charge on any atom is 0.254 e. The van der Waals surface area contributed by atoms with E-state index < -0.39 is 6.10 Å². The van der Waals surface area contributed by atoms with E-state index in [-0.39, 0.29) is 24.9 Å². The van der Waals surface area contributed by atoms with Crippen molar-refractivity contribution in [3.8, 4) is 0 Å². The van der Waals surface area contributed by atoms with Crippen LogP contribution in [0.1, 0.15) is 0 Å². The standard InChI is InChI=1S/C11H16N2O2S.ClH/c1-15-10(7-12)11(14)13-8-3-5-9(16-2)6-4-8;/h3-6,10H,7,12H2,1-2H3,(H,13,14);1H. The van der Waals surface area contributed by atoms with Crippen LogP contribution in [0.3, 0.4) is 0 Å². The van der Waals surface area contributed by atoms with Crippen LogP contribution >= 0.6 is 24.2 Å². The molecule has 4 nitrogen and oxygen atoms in total. The molecule has 96 valence electrons. The fourth-order valence-corrected chi connectivity index (χ4v) is 1.62. The van der Waals surface area contributed by atoms with E-state index in [0.717, 1.165) is 10.6 Å². The van der Waals surface area contributed by atoms with Gasteiger partial charge in [0.1, 0.15) is 6.10 Å². The Kier molecular flexibility index (Phi) is 7.99. The van der Waals surface area contributed by atoms with E-state index in [1.54, 1.807) is 11.8 Å². The number of halogens is 1. The molecule has 6 heteroatoms. The van der Waals surface area contributed by atoms with Gasteiger partial charge in [0.25, 0.3) is 5.91 Å². The highest BCUT2D eigenvalue weighted by Gasteiger charge is 2.15. The topological polar surface area (TPSA) is 64.3 Å². The van der Waals surface area contributed by atoms with E-state index in [1.165, 1.54) is 7.11 Å². The Morgan fingerprint density at radius 2 is 2.06 bits per heavy atom. The molecule has 1 atom stereocenters. The number of ether oxygens (including phenoxy) is 1. The molecular weight excluding hydrogens is 260 g/mol. The van der Waals surface area contributed by atoms with Crippen LogP contribution in [0.2, 0.25) is 0 Å². The van der Waals surface area contributed by atoms with E-state index in [4.69, 9.17) is 10.5 Å². The summed E-state index contributed by atoms with van der Waals surface area (Å²) in [6.07, 6.45) is 1.41. The maximum atomic E-state index is 11.6. The Morgan fingerprint density at radius 1 is 1.47 bits per heavy atom. The molecule has 17 heavy (non-hydrogen) atoms. The van der Waals surface area contributed by atoms with E-state index in [0.29, 0.717) is 0 Å². The van der Waals surface area contributed by atoms with Gasteiger partial charge in [-0.1, -0.05) is 0 Å². The number of anilines is 1. The number of carbonyl (C=O) groups is 1. The number of nitrogens with two attached hydrogens (primary N) is 1. The van der Waals surface area contributed by atoms with E-state index in [2.05, 4.69) is 5.32 Å². The van der Waals surface area contributed by atoms with Crippen molar-refractivity contribution in [2.45, 2.75) is 11.0 Å². The molecule has 1 unspecified atom stereocenters. The van der Waals surface area contributed by atoms with E-state index >= 15 is 0 Å². The van der Waals surface area contributed by atoms with Gasteiger partial charge in [-0.2, -0.15) is 0 Å². The summed E-state index contributed by atoms with van der Waals surface area (Å²) < 4.78 is 4.94. The smallest absolute Gasteiger partial charge is 0.254 e. The monoisotopic (exact) mass is 276 g/mol. The number of thioether (sulfide) groups is 1. The predicted molar refractivity (Wildman–Crippen MR) is 74.0 cm³/mol. The number of hydrogen-bond donors (Lipinski definition) is 2. The van der Waals surface area contributed by atoms with Crippen molar-refractivity contribution in [1.82, 2.24) is 0 Å². The highest BCUT2D eigenvalue weighted by atomic mass is 35.5. The van der Waals surface area contributed by atoms with Crippen LogP contribution in [0, 0.1) is 0 Å². The summed E-state index contributed by atoms with van der Waals surface area (Å²) in [5.41, 5.74) is 6.14. The second-order valence-electron chi connectivity index (χ2n) is 3.18. The van der Waals surface area contributed by atoms with Crippen molar-refractivity contribution in [3.05, 3.63) is 24.3 Å². The molecular formula is C11H17ClN2O2S. The van der Waals surface area contributed by atoms with Gasteiger partial charge in [0.2, 0.25) is 0 Å². The summed E-state index contributed by atoms with van der Waals surface area (Å²) in [7, 11) is 1.47. The maximum absolute atomic E-state index is 11.6. The van der Waals surface area contributed by atoms with Crippen LogP contribution < -0.4 is 11.1 Å². The first-order valence-electron chi connectivity index (χ1n) is 4.89. The molecule has 0 radical (unpaired) electrons. The number of carbonyl (C=O) groups excluding carboxylic acids is 1. The average Bonchev–Trinajstić information content (AvgIpc) is 2.31. The Bertz CT molecular complexity index is 342. The molecule has 1 aromatic carbocycles. The molecule has 0 heterocycles. The van der Waals surface area contributed by atoms with Gasteiger partial charge in [0.05, 0.1) is 0 Å². The van der Waals surface area contributed by atoms with Crippen LogP contribution in [0.25, 0.3) is 0 Å². The molecule has 0 aliphatic carbocycles. The van der Waals surface area contributed by atoms with Crippen LogP contribution in [0.4, 0.5) is 5.69 Å². The van der Waals surface area contributed by atoms with Crippen LogP contribution in [-0.4, -0.2) is 31.9 Å². The number of nitrogens with one attached hydrogen (secondary N) is 1. The number of amides is 1. The largest absolute Gasteiger partial charge is 0.370 e. The lowest BCUT2D eigenvalue weighted by Crippen LogP contribution is -2.35. The van der Waals surface area contributed by atoms with Gasteiger partial charge in [-0.05, 0) is 30.5 Å². The summed E-state index contributed by atoms with van der Waals surface area (Å²) in [5.74, 6) is -0.220. The van der Waals surface area contributed by atoms with Gasteiger partial charge in [-0.15, -0.1) is 24.2 Å². The summed E-state index contributed by atoms with van der Waals surface area (Å²) in [5, 5.41) is 2.74. The third kappa shape index (κ3) is 4.95. The zero-order valence-corrected chi connectivity index (χ0v) is 11.4. The second-order valence-corrected chi connectivity index (χ2v) is 4.06. The minimum absolute atomic E-state index is 0. The van der Waals surface area contributed by atoms with Crippen LogP contribution in [-0.2, 0) is 9.53 Å². The van der Waals surface area contributed by atoms with Gasteiger partial charge >= 0.3 is 0 Å². The molecule has 0 aromatic heterocycles. The average molecular weight is 277 g/mol. The molecule has 0 saturated heterocycles. The molecule has 0 saturated carbocycles. The molecule has 0 bridgehead atoms. The van der Waals surface area contributed by atoms with Crippen LogP contribution in [0.15, 0.2) is 29.2 Å². The number of rotatable bonds is 5. The van der Waals surface area contributed by atoms with Crippen molar-refractivity contribution in [2.75, 3.05) is 25.2 Å². The highest BCUT2D eigenvalue weighted by molar-refractivity contribution is 7.98. The third-order valence-electron chi connectivity index (χ3n) is 2.15. The summed E-state index contributed by atoms with van der Waals surface area (Å²) >= 11 is 1.65. The minimum Gasteiger partial charge on any atom is -0.370 e. The first kappa shape index (κ1) is 16.2. The Labute approximate surface area is 112 Å². The van der Waals surface area contributed by atoms with Crippen molar-refractivity contribution >= 4 is 35.8 Å². The zero-order valence-electron chi connectivity index (χ0n) is 9.80. The Hall–Kier alpha value is -0.750. The highest BCUT2D eigenvalue weighted by Crippen LogP contribution is 2.17. The van der Waals surface area contributed by atoms with Crippen molar-refractivity contribution < 1.29 is 9.53 Å². The lowest BCUT2D eigenvalue weighted by atomic mass is 10.3. The molecule has 0 aliphatic heterocycles. The van der Waals surface area contributed by atoms with Gasteiger partial charge < -0.3 is 15.8 Å². The summed E-state index contributed by atoms with van der Waals surface area (Å²) in [4.78, 5) is 12.8. The molecule has 0 fully saturated rings. The zero-order chi connectivity index (χ0) is 12.0. The lowest BCUT2D eigenvalue weighted by molar-refractivity contribution is -0.125. The van der Waals surface area contributed by atoms with E-state index in [1.807, 2.05) is 30.5 Å². The van der Waals surface area contributed by atoms with Crippen molar-refractivity contribution in [2.24, 2.45) is 5.73 Å². The quantitative estimate of drug-likeness (QED) is 0.804. The van der Waals surface area contributed by atoms with Gasteiger partial charge in [-0.25, -0.2) is 0 Å². The number of benzene rings is 1. The predicted octanol–water partition coefficient (Wildman–Crippen LogP) is 1.74. The molecule has 0 spiro atoms. The van der Waals surface area contributed by atoms with Gasteiger partial charge in [-0.3, -0.25) is 4.79 Å². The number of hydrogen-bond acceptors (Lipinski definition) is 4. The third-order valence-corrected chi connectivity index (χ3v) is 2.89. The summed E-state index contributed by atoms with van der Waals surface area (Å²) in [6.45, 7) is 0.172. The fraction of sp³-hybridized carbons (Fsp3) is 0.364. The normalized spacial score (nSPS) is 11.5.